The van der Waals surface area contributed by atoms with Gasteiger partial charge in [-0.15, -0.1) is 0 Å². The van der Waals surface area contributed by atoms with Crippen LogP contribution in [0.15, 0.2) is 42.9 Å². The number of carbonyl (C=O) groups is 1. The van der Waals surface area contributed by atoms with Gasteiger partial charge < -0.3 is 14.7 Å². The Labute approximate surface area is 147 Å². The summed E-state index contributed by atoms with van der Waals surface area (Å²) in [6.45, 7) is 3.58. The minimum Gasteiger partial charge on any atom is -0.494 e. The van der Waals surface area contributed by atoms with Gasteiger partial charge in [-0.25, -0.2) is 0 Å². The van der Waals surface area contributed by atoms with Crippen LogP contribution in [0.5, 0.6) is 5.75 Å². The zero-order valence-electron chi connectivity index (χ0n) is 14.3. The second-order valence-electron chi connectivity index (χ2n) is 6.31. The highest BCUT2D eigenvalue weighted by Gasteiger charge is 2.34. The summed E-state index contributed by atoms with van der Waals surface area (Å²) in [5.74, 6) is 0.677. The van der Waals surface area contributed by atoms with Crippen LogP contribution >= 0.6 is 0 Å². The molecule has 0 saturated carbocycles. The van der Waals surface area contributed by atoms with Crippen molar-refractivity contribution in [3.05, 3.63) is 54.1 Å². The van der Waals surface area contributed by atoms with Gasteiger partial charge in [-0.3, -0.25) is 14.8 Å². The highest BCUT2D eigenvalue weighted by atomic mass is 16.5. The smallest absolute Gasteiger partial charge is 0.253 e. The van der Waals surface area contributed by atoms with Crippen molar-refractivity contribution in [3.63, 3.8) is 0 Å². The minimum atomic E-state index is -0.543. The maximum Gasteiger partial charge on any atom is 0.253 e. The fraction of sp³-hybridized carbons (Fsp3) is 0.421. The largest absolute Gasteiger partial charge is 0.494 e. The second kappa shape index (κ2) is 8.07. The lowest BCUT2D eigenvalue weighted by molar-refractivity contribution is 0.0764. The van der Waals surface area contributed by atoms with Crippen molar-refractivity contribution in [1.29, 1.82) is 0 Å². The molecule has 0 spiro atoms. The van der Waals surface area contributed by atoms with Crippen molar-refractivity contribution in [2.24, 2.45) is 5.92 Å². The molecule has 0 radical (unpaired) electrons. The van der Waals surface area contributed by atoms with Gasteiger partial charge in [0.15, 0.2) is 0 Å². The van der Waals surface area contributed by atoms with E-state index in [1.165, 1.54) is 0 Å². The molecule has 1 aromatic carbocycles. The fourth-order valence-electron chi connectivity index (χ4n) is 3.02. The van der Waals surface area contributed by atoms with Crippen molar-refractivity contribution in [3.8, 4) is 5.75 Å². The summed E-state index contributed by atoms with van der Waals surface area (Å²) in [7, 11) is 0. The van der Waals surface area contributed by atoms with Gasteiger partial charge in [0.2, 0.25) is 0 Å². The van der Waals surface area contributed by atoms with Crippen LogP contribution in [0, 0.1) is 5.92 Å². The van der Waals surface area contributed by atoms with E-state index in [9.17, 15) is 9.90 Å². The van der Waals surface area contributed by atoms with E-state index < -0.39 is 6.10 Å². The van der Waals surface area contributed by atoms with E-state index in [0.717, 1.165) is 17.9 Å². The fourth-order valence-corrected chi connectivity index (χ4v) is 3.02. The van der Waals surface area contributed by atoms with Gasteiger partial charge in [0.25, 0.3) is 5.91 Å². The third-order valence-corrected chi connectivity index (χ3v) is 4.36. The molecule has 1 saturated heterocycles. The van der Waals surface area contributed by atoms with Crippen molar-refractivity contribution in [2.45, 2.75) is 25.9 Å². The number of β-amino-alcohol motifs (C(OH)–C–C–N with tert-alkyl or cyclic N) is 1. The first-order valence-electron chi connectivity index (χ1n) is 8.62. The van der Waals surface area contributed by atoms with Gasteiger partial charge in [0.05, 0.1) is 18.4 Å². The van der Waals surface area contributed by atoms with Crippen LogP contribution in [-0.2, 0) is 6.42 Å². The topological polar surface area (TPSA) is 75.5 Å². The van der Waals surface area contributed by atoms with E-state index in [-0.39, 0.29) is 11.8 Å². The summed E-state index contributed by atoms with van der Waals surface area (Å²) in [5.41, 5.74) is 1.44. The van der Waals surface area contributed by atoms with Gasteiger partial charge in [0.1, 0.15) is 5.75 Å². The standard InChI is InChI=1S/C19H23N3O3/c1-2-9-25-17-5-3-14(4-6-17)19(24)22-12-15(18(23)13-22)10-16-11-20-7-8-21-16/h3-8,11,15,18,23H,2,9-10,12-13H2,1H3. The van der Waals surface area contributed by atoms with Gasteiger partial charge in [0, 0.05) is 43.2 Å². The molecule has 1 aromatic heterocycles. The number of aromatic nitrogens is 2. The van der Waals surface area contributed by atoms with Crippen LogP contribution in [-0.4, -0.2) is 51.7 Å². The van der Waals surface area contributed by atoms with Crippen molar-refractivity contribution < 1.29 is 14.6 Å². The Balaban J connectivity index is 1.61. The molecule has 1 aliphatic rings. The molecule has 6 heteroatoms. The molecule has 2 aromatic rings. The summed E-state index contributed by atoms with van der Waals surface area (Å²) < 4.78 is 5.54. The molecule has 1 fully saturated rings. The average Bonchev–Trinajstić information content (AvgIpc) is 3.01. The van der Waals surface area contributed by atoms with Crippen LogP contribution < -0.4 is 4.74 Å². The molecule has 2 unspecified atom stereocenters. The normalized spacial score (nSPS) is 19.8. The molecule has 1 N–H and O–H groups in total. The van der Waals surface area contributed by atoms with E-state index in [1.54, 1.807) is 35.6 Å². The highest BCUT2D eigenvalue weighted by Crippen LogP contribution is 2.23. The summed E-state index contributed by atoms with van der Waals surface area (Å²) in [5, 5.41) is 10.3. The molecule has 1 amide bonds. The molecule has 0 aliphatic carbocycles. The monoisotopic (exact) mass is 341 g/mol. The lowest BCUT2D eigenvalue weighted by Crippen LogP contribution is -2.29. The number of nitrogens with zero attached hydrogens (tertiary/aromatic N) is 3. The Hall–Kier alpha value is -2.47. The molecule has 6 nitrogen and oxygen atoms in total. The molecule has 3 rings (SSSR count). The Kier molecular flexibility index (Phi) is 5.60. The molecule has 25 heavy (non-hydrogen) atoms. The van der Waals surface area contributed by atoms with Crippen molar-refractivity contribution in [2.75, 3.05) is 19.7 Å². The molecule has 0 bridgehead atoms. The number of hydrogen-bond donors (Lipinski definition) is 1. The number of benzene rings is 1. The first-order chi connectivity index (χ1) is 12.2. The van der Waals surface area contributed by atoms with Crippen molar-refractivity contribution >= 4 is 5.91 Å². The van der Waals surface area contributed by atoms with Gasteiger partial charge in [-0.05, 0) is 37.1 Å². The molecule has 2 atom stereocenters. The van der Waals surface area contributed by atoms with E-state index >= 15 is 0 Å². The third-order valence-electron chi connectivity index (χ3n) is 4.36. The zero-order valence-corrected chi connectivity index (χ0v) is 14.3. The number of rotatable bonds is 6. The predicted octanol–water partition coefficient (Wildman–Crippen LogP) is 1.94. The Bertz CT molecular complexity index is 691. The van der Waals surface area contributed by atoms with E-state index in [2.05, 4.69) is 9.97 Å². The zero-order chi connectivity index (χ0) is 17.6. The molecular formula is C19H23N3O3. The maximum absolute atomic E-state index is 12.7. The summed E-state index contributed by atoms with van der Waals surface area (Å²) in [4.78, 5) is 22.7. The number of aliphatic hydroxyl groups is 1. The predicted molar refractivity (Wildman–Crippen MR) is 93.4 cm³/mol. The van der Waals surface area contributed by atoms with E-state index in [4.69, 9.17) is 4.74 Å². The first kappa shape index (κ1) is 17.4. The van der Waals surface area contributed by atoms with Crippen LogP contribution in [0.3, 0.4) is 0 Å². The lowest BCUT2D eigenvalue weighted by Gasteiger charge is -2.16. The number of aliphatic hydroxyl groups excluding tert-OH is 1. The minimum absolute atomic E-state index is 0.0205. The highest BCUT2D eigenvalue weighted by molar-refractivity contribution is 5.94. The van der Waals surface area contributed by atoms with E-state index in [1.807, 2.05) is 19.1 Å². The Morgan fingerprint density at radius 3 is 2.76 bits per heavy atom. The van der Waals surface area contributed by atoms with Crippen LogP contribution in [0.1, 0.15) is 29.4 Å². The summed E-state index contributed by atoms with van der Waals surface area (Å²) in [6, 6.07) is 7.17. The van der Waals surface area contributed by atoms with Gasteiger partial charge >= 0.3 is 0 Å². The maximum atomic E-state index is 12.7. The van der Waals surface area contributed by atoms with Crippen LogP contribution in [0.4, 0.5) is 0 Å². The number of amides is 1. The molecule has 2 heterocycles. The first-order valence-corrected chi connectivity index (χ1v) is 8.62. The number of likely N-dealkylation sites (tertiary alicyclic amines) is 1. The number of hydrogen-bond acceptors (Lipinski definition) is 5. The Morgan fingerprint density at radius 2 is 2.08 bits per heavy atom. The van der Waals surface area contributed by atoms with Gasteiger partial charge in [-0.1, -0.05) is 6.92 Å². The quantitative estimate of drug-likeness (QED) is 0.869. The number of ether oxygens (including phenoxy) is 1. The van der Waals surface area contributed by atoms with Gasteiger partial charge in [-0.2, -0.15) is 0 Å². The molecule has 1 aliphatic heterocycles. The summed E-state index contributed by atoms with van der Waals surface area (Å²) >= 11 is 0. The SMILES string of the molecule is CCCOc1ccc(C(=O)N2CC(O)C(Cc3cnccn3)C2)cc1. The van der Waals surface area contributed by atoms with Crippen LogP contribution in [0.2, 0.25) is 0 Å². The molecular weight excluding hydrogens is 318 g/mol. The van der Waals surface area contributed by atoms with Crippen molar-refractivity contribution in [1.82, 2.24) is 14.9 Å². The average molecular weight is 341 g/mol. The Morgan fingerprint density at radius 1 is 1.28 bits per heavy atom. The second-order valence-corrected chi connectivity index (χ2v) is 6.31. The number of carbonyl (C=O) groups excluding carboxylic acids is 1. The molecule has 132 valence electrons. The third kappa shape index (κ3) is 4.33. The summed E-state index contributed by atoms with van der Waals surface area (Å²) in [6.07, 6.45) is 5.98. The van der Waals surface area contributed by atoms with Crippen LogP contribution in [0.25, 0.3) is 0 Å². The lowest BCUT2D eigenvalue weighted by atomic mass is 10.0. The van der Waals surface area contributed by atoms with E-state index in [0.29, 0.717) is 31.7 Å².